The fourth-order valence-corrected chi connectivity index (χ4v) is 1.46. The van der Waals surface area contributed by atoms with Gasteiger partial charge in [0.1, 0.15) is 0 Å². The van der Waals surface area contributed by atoms with Crippen LogP contribution in [0.1, 0.15) is 17.8 Å². The van der Waals surface area contributed by atoms with Gasteiger partial charge in [0.15, 0.2) is 5.06 Å². The van der Waals surface area contributed by atoms with Gasteiger partial charge in [0.05, 0.1) is 7.11 Å². The van der Waals surface area contributed by atoms with Crippen molar-refractivity contribution < 1.29 is 4.74 Å². The van der Waals surface area contributed by atoms with Crippen LogP contribution < -0.4 is 10.5 Å². The summed E-state index contributed by atoms with van der Waals surface area (Å²) in [6, 6.07) is 4.05. The summed E-state index contributed by atoms with van der Waals surface area (Å²) in [6.07, 6.45) is 0. The molecule has 0 amide bonds. The molecule has 1 atom stereocenters. The molecule has 0 saturated carbocycles. The van der Waals surface area contributed by atoms with E-state index >= 15 is 0 Å². The summed E-state index contributed by atoms with van der Waals surface area (Å²) in [7, 11) is 1.66. The van der Waals surface area contributed by atoms with Crippen LogP contribution in [0.15, 0.2) is 12.1 Å². The third-order valence-corrected chi connectivity index (χ3v) is 2.50. The molecular weight excluding hydrogens is 146 g/mol. The fourth-order valence-electron chi connectivity index (χ4n) is 0.689. The summed E-state index contributed by atoms with van der Waals surface area (Å²) in [5, 5.41) is 0.923. The molecule has 0 fully saturated rings. The van der Waals surface area contributed by atoms with Crippen LogP contribution in [0.2, 0.25) is 0 Å². The van der Waals surface area contributed by atoms with E-state index in [1.165, 1.54) is 0 Å². The molecule has 1 heterocycles. The predicted molar refractivity (Wildman–Crippen MR) is 43.5 cm³/mol. The zero-order valence-corrected chi connectivity index (χ0v) is 6.94. The highest BCUT2D eigenvalue weighted by Gasteiger charge is 2.02. The second kappa shape index (κ2) is 3.03. The van der Waals surface area contributed by atoms with Crippen molar-refractivity contribution in [1.82, 2.24) is 0 Å². The molecule has 0 radical (unpaired) electrons. The molecule has 0 aliphatic rings. The van der Waals surface area contributed by atoms with Crippen LogP contribution >= 0.6 is 11.3 Å². The van der Waals surface area contributed by atoms with E-state index in [0.29, 0.717) is 0 Å². The first-order chi connectivity index (χ1) is 4.74. The molecule has 1 aromatic heterocycles. The summed E-state index contributed by atoms with van der Waals surface area (Å²) < 4.78 is 5.01. The Labute approximate surface area is 64.6 Å². The quantitative estimate of drug-likeness (QED) is 0.710. The lowest BCUT2D eigenvalue weighted by atomic mass is 10.3. The Balaban J connectivity index is 2.78. The number of methoxy groups -OCH3 is 1. The summed E-state index contributed by atoms with van der Waals surface area (Å²) >= 11 is 1.59. The van der Waals surface area contributed by atoms with Gasteiger partial charge in [-0.05, 0) is 19.1 Å². The predicted octanol–water partition coefficient (Wildman–Crippen LogP) is 1.78. The van der Waals surface area contributed by atoms with E-state index in [1.54, 1.807) is 18.4 Å². The molecule has 0 aliphatic heterocycles. The standard InChI is InChI=1S/C7H11NOS/c1-5(8)6-3-4-7(9-2)10-6/h3-5H,8H2,1-2H3. The van der Waals surface area contributed by atoms with Crippen LogP contribution in [0.25, 0.3) is 0 Å². The van der Waals surface area contributed by atoms with Gasteiger partial charge in [-0.3, -0.25) is 0 Å². The minimum Gasteiger partial charge on any atom is -0.487 e. The molecule has 0 spiro atoms. The van der Waals surface area contributed by atoms with Crippen LogP contribution in [0.3, 0.4) is 0 Å². The van der Waals surface area contributed by atoms with Crippen molar-refractivity contribution in [3.8, 4) is 5.06 Å². The lowest BCUT2D eigenvalue weighted by Gasteiger charge is -1.97. The van der Waals surface area contributed by atoms with E-state index in [-0.39, 0.29) is 6.04 Å². The number of nitrogens with two attached hydrogens (primary N) is 1. The zero-order valence-electron chi connectivity index (χ0n) is 6.13. The van der Waals surface area contributed by atoms with Crippen molar-refractivity contribution in [3.05, 3.63) is 17.0 Å². The van der Waals surface area contributed by atoms with Crippen molar-refractivity contribution in [2.24, 2.45) is 5.73 Å². The van der Waals surface area contributed by atoms with Gasteiger partial charge >= 0.3 is 0 Å². The van der Waals surface area contributed by atoms with Gasteiger partial charge in [0, 0.05) is 10.9 Å². The van der Waals surface area contributed by atoms with E-state index in [0.717, 1.165) is 9.94 Å². The average Bonchev–Trinajstić information content (AvgIpc) is 2.34. The lowest BCUT2D eigenvalue weighted by molar-refractivity contribution is 0.427. The molecule has 1 rings (SSSR count). The Kier molecular flexibility index (Phi) is 2.29. The van der Waals surface area contributed by atoms with Crippen molar-refractivity contribution in [2.45, 2.75) is 13.0 Å². The number of hydrogen-bond acceptors (Lipinski definition) is 3. The van der Waals surface area contributed by atoms with Crippen molar-refractivity contribution >= 4 is 11.3 Å². The van der Waals surface area contributed by atoms with E-state index in [2.05, 4.69) is 0 Å². The van der Waals surface area contributed by atoms with E-state index in [9.17, 15) is 0 Å². The number of thiophene rings is 1. The van der Waals surface area contributed by atoms with Crippen LogP contribution in [-0.2, 0) is 0 Å². The van der Waals surface area contributed by atoms with Crippen LogP contribution in [0, 0.1) is 0 Å². The Morgan fingerprint density at radius 3 is 2.60 bits per heavy atom. The highest BCUT2D eigenvalue weighted by atomic mass is 32.1. The zero-order chi connectivity index (χ0) is 7.56. The molecule has 2 N–H and O–H groups in total. The number of rotatable bonds is 2. The van der Waals surface area contributed by atoms with Crippen LogP contribution in [0.5, 0.6) is 5.06 Å². The summed E-state index contributed by atoms with van der Waals surface area (Å²) in [5.41, 5.74) is 5.64. The molecule has 0 saturated heterocycles. The fraction of sp³-hybridized carbons (Fsp3) is 0.429. The maximum absolute atomic E-state index is 5.64. The van der Waals surface area contributed by atoms with Gasteiger partial charge < -0.3 is 10.5 Å². The molecule has 10 heavy (non-hydrogen) atoms. The Morgan fingerprint density at radius 1 is 1.60 bits per heavy atom. The third kappa shape index (κ3) is 1.49. The molecule has 0 bridgehead atoms. The highest BCUT2D eigenvalue weighted by molar-refractivity contribution is 7.13. The summed E-state index contributed by atoms with van der Waals surface area (Å²) in [6.45, 7) is 1.96. The van der Waals surface area contributed by atoms with E-state index in [1.807, 2.05) is 19.1 Å². The SMILES string of the molecule is COc1ccc(C(C)N)s1. The van der Waals surface area contributed by atoms with Gasteiger partial charge in [-0.15, -0.1) is 11.3 Å². The molecule has 0 aliphatic carbocycles. The maximum atomic E-state index is 5.64. The second-order valence-electron chi connectivity index (χ2n) is 2.15. The van der Waals surface area contributed by atoms with Crippen molar-refractivity contribution in [2.75, 3.05) is 7.11 Å². The lowest BCUT2D eigenvalue weighted by Crippen LogP contribution is -2.01. The summed E-state index contributed by atoms with van der Waals surface area (Å²) in [4.78, 5) is 1.16. The molecule has 3 heteroatoms. The average molecular weight is 157 g/mol. The minimum atomic E-state index is 0.119. The van der Waals surface area contributed by atoms with Crippen LogP contribution in [0.4, 0.5) is 0 Å². The first kappa shape index (κ1) is 7.57. The van der Waals surface area contributed by atoms with Crippen molar-refractivity contribution in [3.63, 3.8) is 0 Å². The highest BCUT2D eigenvalue weighted by Crippen LogP contribution is 2.27. The first-order valence-electron chi connectivity index (χ1n) is 3.13. The molecular formula is C7H11NOS. The topological polar surface area (TPSA) is 35.2 Å². The van der Waals surface area contributed by atoms with Crippen molar-refractivity contribution in [1.29, 1.82) is 0 Å². The normalized spacial score (nSPS) is 13.1. The maximum Gasteiger partial charge on any atom is 0.173 e. The Hall–Kier alpha value is -0.540. The van der Waals surface area contributed by atoms with Gasteiger partial charge in [-0.1, -0.05) is 0 Å². The largest absolute Gasteiger partial charge is 0.487 e. The first-order valence-corrected chi connectivity index (χ1v) is 3.95. The smallest absolute Gasteiger partial charge is 0.173 e. The van der Waals surface area contributed by atoms with Gasteiger partial charge in [0.2, 0.25) is 0 Å². The molecule has 0 aromatic carbocycles. The van der Waals surface area contributed by atoms with Gasteiger partial charge in [-0.2, -0.15) is 0 Å². The second-order valence-corrected chi connectivity index (χ2v) is 3.23. The molecule has 56 valence electrons. The molecule has 1 aromatic rings. The van der Waals surface area contributed by atoms with Gasteiger partial charge in [-0.25, -0.2) is 0 Å². The number of ether oxygens (including phenoxy) is 1. The van der Waals surface area contributed by atoms with Crippen LogP contribution in [-0.4, -0.2) is 7.11 Å². The van der Waals surface area contributed by atoms with E-state index in [4.69, 9.17) is 10.5 Å². The van der Waals surface area contributed by atoms with Gasteiger partial charge in [0.25, 0.3) is 0 Å². The number of hydrogen-bond donors (Lipinski definition) is 1. The summed E-state index contributed by atoms with van der Waals surface area (Å²) in [5.74, 6) is 0. The molecule has 2 nitrogen and oxygen atoms in total. The Bertz CT molecular complexity index is 207. The molecule has 1 unspecified atom stereocenters. The monoisotopic (exact) mass is 157 g/mol. The van der Waals surface area contributed by atoms with E-state index < -0.39 is 0 Å². The minimum absolute atomic E-state index is 0.119. The Morgan fingerprint density at radius 2 is 2.30 bits per heavy atom. The third-order valence-electron chi connectivity index (χ3n) is 1.25.